The molecule has 23 nitrogen and oxygen atoms in total. The van der Waals surface area contributed by atoms with Gasteiger partial charge in [-0.2, -0.15) is 0 Å². The van der Waals surface area contributed by atoms with Crippen LogP contribution in [0.5, 0.6) is 0 Å². The van der Waals surface area contributed by atoms with Crippen LogP contribution in [0.1, 0.15) is 90.4 Å². The van der Waals surface area contributed by atoms with Crippen molar-refractivity contribution in [3.63, 3.8) is 0 Å². The first kappa shape index (κ1) is 55.0. The number of fused-ring (bicyclic) bond motifs is 5. The third-order valence-corrected chi connectivity index (χ3v) is 14.6. The van der Waals surface area contributed by atoms with Crippen LogP contribution >= 0.6 is 0 Å². The van der Waals surface area contributed by atoms with E-state index in [1.807, 2.05) is 30.3 Å². The van der Waals surface area contributed by atoms with E-state index in [1.54, 1.807) is 19.9 Å². The Morgan fingerprint density at radius 3 is 2.46 bits per heavy atom. The number of allylic oxidation sites excluding steroid dienone is 1. The molecule has 6 heterocycles. The number of likely N-dealkylation sites (tertiary alicyclic amines) is 1. The number of rotatable bonds is 23. The molecule has 2 saturated heterocycles. The third-order valence-electron chi connectivity index (χ3n) is 14.6. The van der Waals surface area contributed by atoms with E-state index in [2.05, 4.69) is 31.9 Å². The molecule has 0 bridgehead atoms. The number of esters is 1. The van der Waals surface area contributed by atoms with E-state index in [1.165, 1.54) is 22.8 Å². The first-order valence-electron chi connectivity index (χ1n) is 25.9. The van der Waals surface area contributed by atoms with Crippen LogP contribution in [-0.4, -0.2) is 131 Å². The summed E-state index contributed by atoms with van der Waals surface area (Å²) in [6.07, 6.45) is 4.48. The highest BCUT2D eigenvalue weighted by Crippen LogP contribution is 2.46. The molecule has 78 heavy (non-hydrogen) atoms. The van der Waals surface area contributed by atoms with Gasteiger partial charge in [0.15, 0.2) is 0 Å². The number of carbonyl (C=O) groups is 8. The second-order valence-electron chi connectivity index (χ2n) is 19.9. The zero-order valence-corrected chi connectivity index (χ0v) is 43.0. The summed E-state index contributed by atoms with van der Waals surface area (Å²) in [4.78, 5) is 121. The Bertz CT molecular complexity index is 3190. The summed E-state index contributed by atoms with van der Waals surface area (Å²) in [5, 5.41) is 28.7. The quantitative estimate of drug-likeness (QED) is 0.0105. The van der Waals surface area contributed by atoms with Crippen molar-refractivity contribution in [1.82, 2.24) is 46.4 Å². The molecular formula is C54H61FN10O13. The lowest BCUT2D eigenvalue weighted by Crippen LogP contribution is -2.48. The molecule has 24 heteroatoms. The summed E-state index contributed by atoms with van der Waals surface area (Å²) in [6.45, 7) is 1.60. The van der Waals surface area contributed by atoms with Gasteiger partial charge >= 0.3 is 5.97 Å². The zero-order chi connectivity index (χ0) is 55.4. The monoisotopic (exact) mass is 1080 g/mol. The molecule has 9 rings (SSSR count). The van der Waals surface area contributed by atoms with Gasteiger partial charge in [0.25, 0.3) is 5.56 Å². The Balaban J connectivity index is 0.728. The van der Waals surface area contributed by atoms with Crippen LogP contribution in [0.25, 0.3) is 22.3 Å². The molecule has 5 aliphatic rings. The number of nitrogens with zero attached hydrogens (tertiary/aromatic N) is 3. The van der Waals surface area contributed by atoms with Gasteiger partial charge in [-0.25, -0.2) is 14.2 Å². The van der Waals surface area contributed by atoms with Crippen LogP contribution < -0.4 is 43.2 Å². The number of benzene rings is 2. The van der Waals surface area contributed by atoms with Crippen molar-refractivity contribution in [1.29, 1.82) is 0 Å². The normalized spacial score (nSPS) is 21.1. The lowest BCUT2D eigenvalue weighted by molar-refractivity contribution is -0.166. The van der Waals surface area contributed by atoms with E-state index in [0.29, 0.717) is 77.5 Å². The molecule has 1 aliphatic carbocycles. The summed E-state index contributed by atoms with van der Waals surface area (Å²) < 4.78 is 33.5. The van der Waals surface area contributed by atoms with Crippen molar-refractivity contribution in [2.24, 2.45) is 5.73 Å². The molecular weight excluding hydrogens is 1020 g/mol. The number of unbranched alkanes of at least 4 members (excludes halogenated alkanes) is 2. The van der Waals surface area contributed by atoms with Crippen molar-refractivity contribution in [3.05, 3.63) is 110 Å². The fraction of sp³-hybridized carbons (Fsp3) is 0.444. The molecule has 7 amide bonds. The molecule has 3 unspecified atom stereocenters. The number of ether oxygens (including phenoxy) is 3. The number of hydrogen-bond donors (Lipinski definition) is 8. The van der Waals surface area contributed by atoms with Gasteiger partial charge in [-0.1, -0.05) is 42.8 Å². The van der Waals surface area contributed by atoms with Crippen LogP contribution in [-0.2, 0) is 84.2 Å². The highest BCUT2D eigenvalue weighted by atomic mass is 19.1. The molecule has 2 aromatic carbocycles. The first-order valence-corrected chi connectivity index (χ1v) is 25.9. The summed E-state index contributed by atoms with van der Waals surface area (Å²) in [7, 11) is 0. The molecule has 2 aromatic heterocycles. The number of cyclic esters (lactones) is 1. The standard InChI is InChI=1S/C54H61FN10O13/c1-3-15-54(75)33-18-39-48-31(24-65(39)51(72)32(33)25-77-53(54)74)47-36(14-13-30-28(2)34(55)19-37(63-48)46(30)47)61-44(70)26-76-27-60-42(68)22-59-50-49(78-50)38(17-29-10-6-4-7-11-29)62-43(69)23-58-41(67)21-57-40(66)12-8-5-9-16-64-45(71)20-35(56)52(64)73/h3-4,6-7,10-11,15,18-19,35-36,38,49-50,59,75H,5,8-9,12-14,16-17,20-27,56H2,1-2H3,(H,57,66)(H,58,67)(H,60,68)(H,61,70)(H,62,69)/b15-3+/t35?,36-,38-,49?,50?,54-/m0/s1. The van der Waals surface area contributed by atoms with Crippen molar-refractivity contribution in [2.75, 3.05) is 39.5 Å². The molecule has 412 valence electrons. The van der Waals surface area contributed by atoms with Crippen LogP contribution in [0.4, 0.5) is 4.39 Å². The second-order valence-corrected chi connectivity index (χ2v) is 19.9. The van der Waals surface area contributed by atoms with Crippen molar-refractivity contribution < 1.29 is 62.1 Å². The van der Waals surface area contributed by atoms with Gasteiger partial charge in [-0.15, -0.1) is 0 Å². The highest BCUT2D eigenvalue weighted by Gasteiger charge is 2.47. The van der Waals surface area contributed by atoms with Gasteiger partial charge in [0, 0.05) is 35.5 Å². The van der Waals surface area contributed by atoms with Gasteiger partial charge in [-0.05, 0) is 80.3 Å². The number of aromatic nitrogens is 2. The number of epoxide rings is 1. The number of carbonyl (C=O) groups excluding carboxylic acids is 8. The van der Waals surface area contributed by atoms with E-state index in [-0.39, 0.29) is 81.8 Å². The number of halogens is 1. The molecule has 0 saturated carbocycles. The number of hydrogen-bond acceptors (Lipinski definition) is 16. The Morgan fingerprint density at radius 2 is 1.71 bits per heavy atom. The van der Waals surface area contributed by atoms with Gasteiger partial charge in [0.2, 0.25) is 47.0 Å². The van der Waals surface area contributed by atoms with Crippen LogP contribution in [0.15, 0.2) is 59.4 Å². The van der Waals surface area contributed by atoms with E-state index in [4.69, 9.17) is 24.9 Å². The average Bonchev–Trinajstić information content (AvgIpc) is 4.06. The Labute approximate surface area is 446 Å². The fourth-order valence-electron chi connectivity index (χ4n) is 10.6. The van der Waals surface area contributed by atoms with Gasteiger partial charge < -0.3 is 56.2 Å². The molecule has 6 atom stereocenters. The zero-order valence-electron chi connectivity index (χ0n) is 43.0. The maximum atomic E-state index is 15.4. The largest absolute Gasteiger partial charge is 0.458 e. The number of aryl methyl sites for hydroxylation is 1. The Kier molecular flexibility index (Phi) is 16.5. The topological polar surface area (TPSA) is 324 Å². The van der Waals surface area contributed by atoms with Crippen LogP contribution in [0, 0.1) is 12.7 Å². The number of nitrogens with two attached hydrogens (primary N) is 1. The number of imide groups is 1. The van der Waals surface area contributed by atoms with E-state index in [0.717, 1.165) is 16.0 Å². The summed E-state index contributed by atoms with van der Waals surface area (Å²) >= 11 is 0. The molecule has 9 N–H and O–H groups in total. The fourth-order valence-corrected chi connectivity index (χ4v) is 10.6. The molecule has 2 fully saturated rings. The molecule has 4 aliphatic heterocycles. The predicted octanol–water partition coefficient (Wildman–Crippen LogP) is -0.192. The predicted molar refractivity (Wildman–Crippen MR) is 274 cm³/mol. The smallest absolute Gasteiger partial charge is 0.347 e. The van der Waals surface area contributed by atoms with Crippen LogP contribution in [0.3, 0.4) is 0 Å². The maximum absolute atomic E-state index is 15.4. The first-order chi connectivity index (χ1) is 37.4. The van der Waals surface area contributed by atoms with E-state index in [9.17, 15) is 48.3 Å². The second kappa shape index (κ2) is 23.5. The minimum absolute atomic E-state index is 0.000793. The summed E-state index contributed by atoms with van der Waals surface area (Å²) in [5.74, 6) is -4.51. The minimum atomic E-state index is -2.21. The van der Waals surface area contributed by atoms with Crippen molar-refractivity contribution in [3.8, 4) is 11.4 Å². The van der Waals surface area contributed by atoms with Gasteiger partial charge in [-0.3, -0.25) is 48.6 Å². The summed E-state index contributed by atoms with van der Waals surface area (Å²) in [5.41, 5.74) is 7.50. The highest BCUT2D eigenvalue weighted by molar-refractivity contribution is 6.05. The average molecular weight is 1080 g/mol. The van der Waals surface area contributed by atoms with Crippen molar-refractivity contribution in [2.45, 2.75) is 114 Å². The Hall–Kier alpha value is -7.77. The maximum Gasteiger partial charge on any atom is 0.347 e. The van der Waals surface area contributed by atoms with Gasteiger partial charge in [0.05, 0.1) is 73.2 Å². The number of amides is 7. The van der Waals surface area contributed by atoms with Crippen molar-refractivity contribution >= 4 is 58.2 Å². The SMILES string of the molecule is C/C=C/[C@@]1(O)C(=O)OCc2c1cc1n(c2=O)Cc2c-1nc1cc(F)c(C)c3c1c2[C@@H](NC(=O)COCNC(=O)CNC1OC1[C@H](Cc1ccccc1)NC(=O)CNC(=O)CNC(=O)CCCCCN1C(=O)CC(N)C1=O)CC3. The number of aliphatic hydroxyl groups is 1. The molecule has 0 spiro atoms. The molecule has 4 aromatic rings. The van der Waals surface area contributed by atoms with Gasteiger partial charge in [0.1, 0.15) is 38.1 Å². The Morgan fingerprint density at radius 1 is 0.949 bits per heavy atom. The lowest BCUT2D eigenvalue weighted by atomic mass is 9.81. The molecule has 0 radical (unpaired) electrons. The minimum Gasteiger partial charge on any atom is -0.458 e. The summed E-state index contributed by atoms with van der Waals surface area (Å²) in [6, 6.07) is 10.2. The van der Waals surface area contributed by atoms with Crippen LogP contribution in [0.2, 0.25) is 0 Å². The third kappa shape index (κ3) is 11.7. The lowest BCUT2D eigenvalue weighted by Gasteiger charge is -2.30. The number of pyridine rings is 2. The van der Waals surface area contributed by atoms with E-state index < -0.39 is 89.5 Å². The van der Waals surface area contributed by atoms with E-state index >= 15 is 4.39 Å². The number of nitrogens with one attached hydrogen (secondary N) is 6.